The molecule has 0 saturated carbocycles. The molecule has 2 nitrogen and oxygen atoms in total. The number of ether oxygens (including phenoxy) is 1. The van der Waals surface area contributed by atoms with Crippen LogP contribution in [0.1, 0.15) is 17.7 Å². The van der Waals surface area contributed by atoms with Crippen molar-refractivity contribution in [2.24, 2.45) is 0 Å². The van der Waals surface area contributed by atoms with Crippen molar-refractivity contribution in [1.82, 2.24) is 4.98 Å². The van der Waals surface area contributed by atoms with Crippen LogP contribution in [-0.2, 0) is 6.67 Å². The van der Waals surface area contributed by atoms with Gasteiger partial charge in [0.2, 0.25) is 5.88 Å². The smallest absolute Gasteiger partial charge is 0.265 e. The van der Waals surface area contributed by atoms with Crippen LogP contribution in [0.4, 0.5) is 13.2 Å². The van der Waals surface area contributed by atoms with E-state index in [9.17, 15) is 13.2 Å². The first kappa shape index (κ1) is 9.83. The van der Waals surface area contributed by atoms with Gasteiger partial charge in [-0.15, -0.1) is 0 Å². The summed E-state index contributed by atoms with van der Waals surface area (Å²) in [5.74, 6) is 0.136. The predicted molar refractivity (Wildman–Crippen MR) is 40.6 cm³/mol. The molecule has 0 aliphatic heterocycles. The molecule has 1 rings (SSSR count). The summed E-state index contributed by atoms with van der Waals surface area (Å²) in [5, 5.41) is 0. The van der Waals surface area contributed by atoms with Gasteiger partial charge in [-0.3, -0.25) is 0 Å². The first-order chi connectivity index (χ1) is 6.19. The van der Waals surface area contributed by atoms with Gasteiger partial charge in [-0.2, -0.15) is 0 Å². The summed E-state index contributed by atoms with van der Waals surface area (Å²) in [7, 11) is 1.34. The molecule has 0 fully saturated rings. The minimum absolute atomic E-state index is 0.136. The minimum Gasteiger partial charge on any atom is -0.481 e. The fourth-order valence-electron chi connectivity index (χ4n) is 0.911. The number of rotatable bonds is 3. The van der Waals surface area contributed by atoms with E-state index in [4.69, 9.17) is 0 Å². The molecule has 0 spiro atoms. The van der Waals surface area contributed by atoms with Gasteiger partial charge in [0.25, 0.3) is 6.43 Å². The molecule has 0 radical (unpaired) electrons. The van der Waals surface area contributed by atoms with Gasteiger partial charge in [0.05, 0.1) is 12.8 Å². The molecule has 0 unspecified atom stereocenters. The Kier molecular flexibility index (Phi) is 3.11. The third-order valence-corrected chi connectivity index (χ3v) is 1.55. The predicted octanol–water partition coefficient (Wildman–Crippen LogP) is 2.50. The first-order valence-corrected chi connectivity index (χ1v) is 3.57. The average Bonchev–Trinajstić information content (AvgIpc) is 2.16. The van der Waals surface area contributed by atoms with E-state index in [1.54, 1.807) is 0 Å². The maximum absolute atomic E-state index is 12.2. The SMILES string of the molecule is COc1ccc(C(F)F)c(CF)n1. The molecule has 0 amide bonds. The van der Waals surface area contributed by atoms with Gasteiger partial charge in [0.1, 0.15) is 6.67 Å². The minimum atomic E-state index is -2.70. The number of hydrogen-bond donors (Lipinski definition) is 0. The Labute approximate surface area is 73.4 Å². The second-order valence-electron chi connectivity index (χ2n) is 2.32. The van der Waals surface area contributed by atoms with E-state index in [1.165, 1.54) is 13.2 Å². The van der Waals surface area contributed by atoms with E-state index in [0.717, 1.165) is 6.07 Å². The average molecular weight is 191 g/mol. The van der Waals surface area contributed by atoms with Crippen molar-refractivity contribution in [3.63, 3.8) is 0 Å². The fraction of sp³-hybridized carbons (Fsp3) is 0.375. The largest absolute Gasteiger partial charge is 0.481 e. The van der Waals surface area contributed by atoms with Gasteiger partial charge < -0.3 is 4.74 Å². The zero-order chi connectivity index (χ0) is 9.84. The van der Waals surface area contributed by atoms with Gasteiger partial charge in [-0.25, -0.2) is 18.2 Å². The van der Waals surface area contributed by atoms with Crippen LogP contribution in [0.2, 0.25) is 0 Å². The molecule has 0 aliphatic rings. The molecule has 0 bridgehead atoms. The van der Waals surface area contributed by atoms with Crippen molar-refractivity contribution in [2.75, 3.05) is 7.11 Å². The number of hydrogen-bond acceptors (Lipinski definition) is 2. The highest BCUT2D eigenvalue weighted by atomic mass is 19.3. The maximum atomic E-state index is 12.2. The summed E-state index contributed by atoms with van der Waals surface area (Å²) in [4.78, 5) is 3.55. The summed E-state index contributed by atoms with van der Waals surface area (Å²) in [5.41, 5.74) is -0.655. The lowest BCUT2D eigenvalue weighted by Crippen LogP contribution is -1.98. The van der Waals surface area contributed by atoms with Crippen LogP contribution in [0.15, 0.2) is 12.1 Å². The van der Waals surface area contributed by atoms with Crippen molar-refractivity contribution < 1.29 is 17.9 Å². The van der Waals surface area contributed by atoms with Gasteiger partial charge in [0.15, 0.2) is 0 Å². The number of methoxy groups -OCH3 is 1. The van der Waals surface area contributed by atoms with Crippen LogP contribution in [-0.4, -0.2) is 12.1 Å². The Bertz CT molecular complexity index is 291. The Morgan fingerprint density at radius 1 is 1.46 bits per heavy atom. The number of alkyl halides is 3. The Hall–Kier alpha value is -1.26. The lowest BCUT2D eigenvalue weighted by atomic mass is 10.2. The van der Waals surface area contributed by atoms with Crippen LogP contribution in [0.3, 0.4) is 0 Å². The van der Waals surface area contributed by atoms with Gasteiger partial charge in [-0.1, -0.05) is 0 Å². The summed E-state index contributed by atoms with van der Waals surface area (Å²) >= 11 is 0. The molecule has 1 heterocycles. The summed E-state index contributed by atoms with van der Waals surface area (Å²) in [6.45, 7) is -1.02. The highest BCUT2D eigenvalue weighted by Gasteiger charge is 2.14. The van der Waals surface area contributed by atoms with Gasteiger partial charge in [0, 0.05) is 11.6 Å². The first-order valence-electron chi connectivity index (χ1n) is 3.57. The second-order valence-corrected chi connectivity index (χ2v) is 2.32. The Morgan fingerprint density at radius 3 is 2.62 bits per heavy atom. The summed E-state index contributed by atoms with van der Waals surface area (Å²) in [6, 6.07) is 2.39. The third kappa shape index (κ3) is 2.11. The number of pyridine rings is 1. The van der Waals surface area contributed by atoms with Crippen LogP contribution in [0.5, 0.6) is 5.88 Å². The molecule has 0 aromatic carbocycles. The van der Waals surface area contributed by atoms with E-state index in [2.05, 4.69) is 9.72 Å². The lowest BCUT2D eigenvalue weighted by molar-refractivity contribution is 0.148. The van der Waals surface area contributed by atoms with E-state index >= 15 is 0 Å². The van der Waals surface area contributed by atoms with Gasteiger partial charge in [-0.05, 0) is 6.07 Å². The molecule has 0 N–H and O–H groups in total. The molecular formula is C8H8F3NO. The van der Waals surface area contributed by atoms with Crippen molar-refractivity contribution in [3.8, 4) is 5.88 Å². The van der Waals surface area contributed by atoms with E-state index in [1.807, 2.05) is 0 Å². The molecule has 1 aromatic heterocycles. The van der Waals surface area contributed by atoms with E-state index < -0.39 is 13.1 Å². The zero-order valence-corrected chi connectivity index (χ0v) is 6.93. The number of halogens is 3. The normalized spacial score (nSPS) is 10.5. The quantitative estimate of drug-likeness (QED) is 0.732. The van der Waals surface area contributed by atoms with Gasteiger partial charge >= 0.3 is 0 Å². The van der Waals surface area contributed by atoms with Crippen LogP contribution in [0.25, 0.3) is 0 Å². The highest BCUT2D eigenvalue weighted by molar-refractivity contribution is 5.26. The molecule has 0 atom stereocenters. The summed E-state index contributed by atoms with van der Waals surface area (Å²) in [6.07, 6.45) is -2.70. The molecule has 13 heavy (non-hydrogen) atoms. The van der Waals surface area contributed by atoms with E-state index in [-0.39, 0.29) is 17.1 Å². The van der Waals surface area contributed by atoms with Crippen molar-refractivity contribution in [1.29, 1.82) is 0 Å². The van der Waals surface area contributed by atoms with E-state index in [0.29, 0.717) is 0 Å². The van der Waals surface area contributed by atoms with Crippen LogP contribution in [0, 0.1) is 0 Å². The van der Waals surface area contributed by atoms with Crippen molar-refractivity contribution in [3.05, 3.63) is 23.4 Å². The monoisotopic (exact) mass is 191 g/mol. The second kappa shape index (κ2) is 4.11. The third-order valence-electron chi connectivity index (χ3n) is 1.55. The standard InChI is InChI=1S/C8H8F3NO/c1-13-7-3-2-5(8(10)11)6(4-9)12-7/h2-3,8H,4H2,1H3. The molecule has 0 saturated heterocycles. The number of nitrogens with zero attached hydrogens (tertiary/aromatic N) is 1. The maximum Gasteiger partial charge on any atom is 0.265 e. The molecule has 72 valence electrons. The Balaban J connectivity index is 3.08. The molecule has 5 heteroatoms. The fourth-order valence-corrected chi connectivity index (χ4v) is 0.911. The van der Waals surface area contributed by atoms with Crippen LogP contribution < -0.4 is 4.74 Å². The lowest BCUT2D eigenvalue weighted by Gasteiger charge is -2.06. The van der Waals surface area contributed by atoms with Crippen LogP contribution >= 0.6 is 0 Å². The van der Waals surface area contributed by atoms with Crippen molar-refractivity contribution >= 4 is 0 Å². The molecular weight excluding hydrogens is 183 g/mol. The zero-order valence-electron chi connectivity index (χ0n) is 6.93. The number of aromatic nitrogens is 1. The topological polar surface area (TPSA) is 22.1 Å². The molecule has 1 aromatic rings. The highest BCUT2D eigenvalue weighted by Crippen LogP contribution is 2.24. The van der Waals surface area contributed by atoms with Crippen molar-refractivity contribution in [2.45, 2.75) is 13.1 Å². The summed E-state index contributed by atoms with van der Waals surface area (Å²) < 4.78 is 41.3. The Morgan fingerprint density at radius 2 is 2.15 bits per heavy atom. The molecule has 0 aliphatic carbocycles.